The van der Waals surface area contributed by atoms with Crippen LogP contribution in [-0.4, -0.2) is 15.1 Å². The second-order valence-corrected chi connectivity index (χ2v) is 4.87. The van der Waals surface area contributed by atoms with Gasteiger partial charge in [0.2, 0.25) is 0 Å². The van der Waals surface area contributed by atoms with Gasteiger partial charge < -0.3 is 15.1 Å². The van der Waals surface area contributed by atoms with Crippen LogP contribution in [-0.2, 0) is 0 Å². The van der Waals surface area contributed by atoms with Crippen LogP contribution in [0.5, 0.6) is 0 Å². The number of H-pyrrole nitrogens is 2. The summed E-state index contributed by atoms with van der Waals surface area (Å²) in [5.74, 6) is 0.584. The van der Waals surface area contributed by atoms with Gasteiger partial charge in [-0.2, -0.15) is 0 Å². The quantitative estimate of drug-likeness (QED) is 0.760. The van der Waals surface area contributed by atoms with E-state index in [9.17, 15) is 9.90 Å². The molecule has 0 aliphatic rings. The standard InChI is InChI=1S/C13H18N2O2/c1-8(2)3-6-12(16)9-4-5-10-11(7-9)15-13(17)14-10/h4-5,7-8,12,16H,3,6H2,1-2H3,(H2,14,15,17). The van der Waals surface area contributed by atoms with E-state index < -0.39 is 6.10 Å². The van der Waals surface area contributed by atoms with Crippen LogP contribution in [0, 0.1) is 5.92 Å². The molecule has 0 aliphatic heterocycles. The summed E-state index contributed by atoms with van der Waals surface area (Å²) in [6.07, 6.45) is 1.28. The summed E-state index contributed by atoms with van der Waals surface area (Å²) in [4.78, 5) is 16.5. The fraction of sp³-hybridized carbons (Fsp3) is 0.462. The minimum Gasteiger partial charge on any atom is -0.388 e. The van der Waals surface area contributed by atoms with Gasteiger partial charge in [-0.05, 0) is 36.5 Å². The summed E-state index contributed by atoms with van der Waals surface area (Å²) in [5, 5.41) is 10.0. The van der Waals surface area contributed by atoms with Gasteiger partial charge in [-0.25, -0.2) is 4.79 Å². The van der Waals surface area contributed by atoms with Gasteiger partial charge in [0.15, 0.2) is 0 Å². The molecule has 0 bridgehead atoms. The van der Waals surface area contributed by atoms with Gasteiger partial charge in [-0.1, -0.05) is 19.9 Å². The summed E-state index contributed by atoms with van der Waals surface area (Å²) in [5.41, 5.74) is 2.16. The number of imidazole rings is 1. The van der Waals surface area contributed by atoms with Gasteiger partial charge in [0.05, 0.1) is 17.1 Å². The molecule has 1 atom stereocenters. The van der Waals surface area contributed by atoms with Crippen molar-refractivity contribution in [2.24, 2.45) is 5.92 Å². The number of hydrogen-bond donors (Lipinski definition) is 3. The number of aromatic nitrogens is 2. The summed E-state index contributed by atoms with van der Waals surface area (Å²) in [7, 11) is 0. The van der Waals surface area contributed by atoms with E-state index in [1.807, 2.05) is 18.2 Å². The zero-order valence-electron chi connectivity index (χ0n) is 10.2. The van der Waals surface area contributed by atoms with Crippen molar-refractivity contribution < 1.29 is 5.11 Å². The van der Waals surface area contributed by atoms with Crippen molar-refractivity contribution in [1.82, 2.24) is 9.97 Å². The third kappa shape index (κ3) is 2.77. The molecule has 0 radical (unpaired) electrons. The van der Waals surface area contributed by atoms with E-state index in [-0.39, 0.29) is 5.69 Å². The van der Waals surface area contributed by atoms with Crippen molar-refractivity contribution in [2.45, 2.75) is 32.8 Å². The number of rotatable bonds is 4. The predicted octanol–water partition coefficient (Wildman–Crippen LogP) is 2.33. The molecule has 1 aromatic carbocycles. The third-order valence-corrected chi connectivity index (χ3v) is 2.94. The Morgan fingerprint density at radius 1 is 1.18 bits per heavy atom. The van der Waals surface area contributed by atoms with Crippen LogP contribution < -0.4 is 5.69 Å². The number of hydrogen-bond acceptors (Lipinski definition) is 2. The Hall–Kier alpha value is -1.55. The van der Waals surface area contributed by atoms with Gasteiger partial charge >= 0.3 is 5.69 Å². The summed E-state index contributed by atoms with van der Waals surface area (Å²) >= 11 is 0. The number of benzene rings is 1. The Morgan fingerprint density at radius 2 is 1.88 bits per heavy atom. The molecule has 3 N–H and O–H groups in total. The van der Waals surface area contributed by atoms with Gasteiger partial charge in [0, 0.05) is 0 Å². The van der Waals surface area contributed by atoms with Crippen LogP contribution in [0.25, 0.3) is 11.0 Å². The Kier molecular flexibility index (Phi) is 3.33. The number of fused-ring (bicyclic) bond motifs is 1. The van der Waals surface area contributed by atoms with Crippen molar-refractivity contribution in [3.63, 3.8) is 0 Å². The number of aliphatic hydroxyl groups excluding tert-OH is 1. The zero-order chi connectivity index (χ0) is 12.4. The van der Waals surface area contributed by atoms with Crippen LogP contribution in [0.1, 0.15) is 38.4 Å². The molecule has 2 rings (SSSR count). The molecule has 0 saturated heterocycles. The maximum Gasteiger partial charge on any atom is 0.323 e. The SMILES string of the molecule is CC(C)CCC(O)c1ccc2[nH]c(=O)[nH]c2c1. The summed E-state index contributed by atoms with van der Waals surface area (Å²) < 4.78 is 0. The smallest absolute Gasteiger partial charge is 0.323 e. The second-order valence-electron chi connectivity index (χ2n) is 4.87. The minimum atomic E-state index is -0.458. The van der Waals surface area contributed by atoms with Gasteiger partial charge in [0.1, 0.15) is 0 Å². The first-order valence-electron chi connectivity index (χ1n) is 5.96. The van der Waals surface area contributed by atoms with Crippen LogP contribution in [0.3, 0.4) is 0 Å². The minimum absolute atomic E-state index is 0.214. The van der Waals surface area contributed by atoms with Crippen molar-refractivity contribution in [1.29, 1.82) is 0 Å². The number of nitrogens with one attached hydrogen (secondary N) is 2. The van der Waals surface area contributed by atoms with E-state index in [1.165, 1.54) is 0 Å². The van der Waals surface area contributed by atoms with E-state index >= 15 is 0 Å². The topological polar surface area (TPSA) is 68.9 Å². The largest absolute Gasteiger partial charge is 0.388 e. The molecule has 2 aromatic rings. The van der Waals surface area contributed by atoms with Gasteiger partial charge in [-0.3, -0.25) is 0 Å². The molecule has 0 amide bonds. The lowest BCUT2D eigenvalue weighted by atomic mass is 10.00. The van der Waals surface area contributed by atoms with E-state index in [2.05, 4.69) is 23.8 Å². The lowest BCUT2D eigenvalue weighted by molar-refractivity contribution is 0.159. The van der Waals surface area contributed by atoms with E-state index in [1.54, 1.807) is 0 Å². The maximum absolute atomic E-state index is 11.1. The zero-order valence-corrected chi connectivity index (χ0v) is 10.2. The molecule has 17 heavy (non-hydrogen) atoms. The Morgan fingerprint density at radius 3 is 2.59 bits per heavy atom. The molecule has 0 saturated carbocycles. The van der Waals surface area contributed by atoms with E-state index in [0.29, 0.717) is 5.92 Å². The lowest BCUT2D eigenvalue weighted by Crippen LogP contribution is -2.00. The van der Waals surface area contributed by atoms with Crippen molar-refractivity contribution in [3.8, 4) is 0 Å². The highest BCUT2D eigenvalue weighted by molar-refractivity contribution is 5.75. The van der Waals surface area contributed by atoms with Gasteiger partial charge in [0.25, 0.3) is 0 Å². The Balaban J connectivity index is 2.20. The molecule has 92 valence electrons. The molecular weight excluding hydrogens is 216 g/mol. The highest BCUT2D eigenvalue weighted by atomic mass is 16.3. The van der Waals surface area contributed by atoms with Crippen molar-refractivity contribution in [2.75, 3.05) is 0 Å². The first-order chi connectivity index (χ1) is 8.06. The van der Waals surface area contributed by atoms with Crippen molar-refractivity contribution >= 4 is 11.0 Å². The molecular formula is C13H18N2O2. The highest BCUT2D eigenvalue weighted by Crippen LogP contribution is 2.22. The number of aliphatic hydroxyl groups is 1. The second kappa shape index (κ2) is 4.75. The molecule has 4 nitrogen and oxygen atoms in total. The molecule has 1 aromatic heterocycles. The van der Waals surface area contributed by atoms with Crippen LogP contribution in [0.4, 0.5) is 0 Å². The fourth-order valence-electron chi connectivity index (χ4n) is 1.92. The monoisotopic (exact) mass is 234 g/mol. The summed E-state index contributed by atoms with van der Waals surface area (Å²) in [6.45, 7) is 4.28. The maximum atomic E-state index is 11.1. The van der Waals surface area contributed by atoms with E-state index in [0.717, 1.165) is 29.4 Å². The number of aromatic amines is 2. The van der Waals surface area contributed by atoms with Gasteiger partial charge in [-0.15, -0.1) is 0 Å². The Bertz CT molecular complexity index is 554. The molecule has 4 heteroatoms. The first-order valence-corrected chi connectivity index (χ1v) is 5.96. The molecule has 1 unspecified atom stereocenters. The van der Waals surface area contributed by atoms with Crippen molar-refractivity contribution in [3.05, 3.63) is 34.2 Å². The fourth-order valence-corrected chi connectivity index (χ4v) is 1.92. The lowest BCUT2D eigenvalue weighted by Gasteiger charge is -2.12. The average Bonchev–Trinajstić information content (AvgIpc) is 2.64. The normalized spacial score (nSPS) is 13.4. The predicted molar refractivity (Wildman–Crippen MR) is 68.0 cm³/mol. The molecule has 1 heterocycles. The Labute approximate surface area is 99.7 Å². The van der Waals surface area contributed by atoms with Crippen LogP contribution in [0.2, 0.25) is 0 Å². The molecule has 0 aliphatic carbocycles. The van der Waals surface area contributed by atoms with E-state index in [4.69, 9.17) is 0 Å². The van der Waals surface area contributed by atoms with Crippen LogP contribution in [0.15, 0.2) is 23.0 Å². The average molecular weight is 234 g/mol. The molecule has 0 fully saturated rings. The van der Waals surface area contributed by atoms with Crippen LogP contribution >= 0.6 is 0 Å². The molecule has 0 spiro atoms. The third-order valence-electron chi connectivity index (χ3n) is 2.94. The summed E-state index contributed by atoms with van der Waals surface area (Å²) in [6, 6.07) is 5.51. The first kappa shape index (κ1) is 11.9. The highest BCUT2D eigenvalue weighted by Gasteiger charge is 2.09.